The van der Waals surface area contributed by atoms with E-state index in [0.717, 1.165) is 30.6 Å². The van der Waals surface area contributed by atoms with E-state index in [1.807, 2.05) is 19.3 Å². The van der Waals surface area contributed by atoms with E-state index >= 15 is 0 Å². The summed E-state index contributed by atoms with van der Waals surface area (Å²) in [7, 11) is 1.85. The molecule has 1 fully saturated rings. The van der Waals surface area contributed by atoms with Gasteiger partial charge in [0.25, 0.3) is 0 Å². The first-order valence-electron chi connectivity index (χ1n) is 11.2. The molecule has 1 unspecified atom stereocenters. The van der Waals surface area contributed by atoms with Gasteiger partial charge in [0.1, 0.15) is 11.2 Å². The Hall–Kier alpha value is -4.05. The Morgan fingerprint density at radius 1 is 1.18 bits per heavy atom. The van der Waals surface area contributed by atoms with Crippen molar-refractivity contribution in [3.8, 4) is 22.4 Å². The Morgan fingerprint density at radius 2 is 2.09 bits per heavy atom. The number of aromatic nitrogens is 6. The molecule has 0 aromatic carbocycles. The van der Waals surface area contributed by atoms with Gasteiger partial charge in [-0.25, -0.2) is 9.78 Å². The van der Waals surface area contributed by atoms with E-state index in [0.29, 0.717) is 46.4 Å². The number of nitrogens with zero attached hydrogens (tertiary/aromatic N) is 5. The molecule has 1 N–H and O–H groups in total. The maximum Gasteiger partial charge on any atom is 0.348 e. The summed E-state index contributed by atoms with van der Waals surface area (Å²) in [5.74, 6) is 0. The quantitative estimate of drug-likeness (QED) is 0.430. The van der Waals surface area contributed by atoms with Gasteiger partial charge in [-0.15, -0.1) is 0 Å². The monoisotopic (exact) mass is 458 g/mol. The maximum atomic E-state index is 13.3. The second-order valence-electron chi connectivity index (χ2n) is 8.52. The average Bonchev–Trinajstić information content (AvgIpc) is 3.58. The highest BCUT2D eigenvalue weighted by molar-refractivity contribution is 6.06. The topological polar surface area (TPSA) is 121 Å². The van der Waals surface area contributed by atoms with Gasteiger partial charge in [0, 0.05) is 61.5 Å². The van der Waals surface area contributed by atoms with Gasteiger partial charge in [-0.1, -0.05) is 0 Å². The number of nitrogens with one attached hydrogen (secondary N) is 1. The zero-order valence-electron chi connectivity index (χ0n) is 18.5. The molecule has 6 heterocycles. The van der Waals surface area contributed by atoms with E-state index in [1.54, 1.807) is 27.7 Å². The summed E-state index contributed by atoms with van der Waals surface area (Å²) in [5.41, 5.74) is 3.59. The van der Waals surface area contributed by atoms with Gasteiger partial charge in [0.05, 0.1) is 17.7 Å². The normalized spacial score (nSPS) is 16.1. The van der Waals surface area contributed by atoms with Crippen LogP contribution < -0.4 is 11.2 Å². The van der Waals surface area contributed by atoms with E-state index in [-0.39, 0.29) is 17.4 Å². The largest absolute Gasteiger partial charge is 0.434 e. The van der Waals surface area contributed by atoms with Gasteiger partial charge in [0.2, 0.25) is 11.3 Å². The van der Waals surface area contributed by atoms with Crippen LogP contribution in [-0.4, -0.2) is 42.0 Å². The van der Waals surface area contributed by atoms with Crippen molar-refractivity contribution in [2.75, 3.05) is 6.61 Å². The number of fused-ring (bicyclic) bond motifs is 3. The fourth-order valence-corrected chi connectivity index (χ4v) is 4.54. The summed E-state index contributed by atoms with van der Waals surface area (Å²) in [6, 6.07) is 4.98. The molecule has 6 rings (SSSR count). The molecule has 1 aliphatic rings. The maximum absolute atomic E-state index is 13.3. The average molecular weight is 458 g/mol. The minimum Gasteiger partial charge on any atom is -0.434 e. The third-order valence-corrected chi connectivity index (χ3v) is 6.24. The molecule has 10 nitrogen and oxygen atoms in total. The molecule has 1 saturated heterocycles. The first-order valence-corrected chi connectivity index (χ1v) is 11.2. The SMILES string of the molecule is Cn1cc(-c2cnc3oc4c(-c5ccc(=O)[nH]c5)nc(=O)n(CCC5CCCO5)c4c3c2)cn1. The van der Waals surface area contributed by atoms with Crippen molar-refractivity contribution in [2.45, 2.75) is 31.9 Å². The van der Waals surface area contributed by atoms with E-state index in [4.69, 9.17) is 9.15 Å². The van der Waals surface area contributed by atoms with Crippen LogP contribution in [0.25, 0.3) is 44.6 Å². The Kier molecular flexibility index (Phi) is 4.88. The number of aromatic amines is 1. The fraction of sp³-hybridized carbons (Fsp3) is 0.292. The Balaban J connectivity index is 1.58. The van der Waals surface area contributed by atoms with Gasteiger partial charge in [-0.2, -0.15) is 10.1 Å². The predicted octanol–water partition coefficient (Wildman–Crippen LogP) is 2.86. The van der Waals surface area contributed by atoms with Crippen molar-refractivity contribution in [3.63, 3.8) is 0 Å². The molecule has 5 aromatic rings. The van der Waals surface area contributed by atoms with Crippen LogP contribution in [0.1, 0.15) is 19.3 Å². The number of rotatable bonds is 5. The molecule has 1 aliphatic heterocycles. The number of aryl methyl sites for hydroxylation is 2. The summed E-state index contributed by atoms with van der Waals surface area (Å²) in [5, 5.41) is 4.96. The molecular weight excluding hydrogens is 436 g/mol. The Labute approximate surface area is 192 Å². The molecule has 1 atom stereocenters. The molecule has 0 bridgehead atoms. The Morgan fingerprint density at radius 3 is 2.82 bits per heavy atom. The number of pyridine rings is 2. The first-order chi connectivity index (χ1) is 16.6. The van der Waals surface area contributed by atoms with Crippen LogP contribution in [0, 0.1) is 0 Å². The van der Waals surface area contributed by atoms with E-state index in [2.05, 4.69) is 20.1 Å². The third kappa shape index (κ3) is 3.52. The Bertz CT molecular complexity index is 1620. The van der Waals surface area contributed by atoms with E-state index in [1.165, 1.54) is 12.3 Å². The van der Waals surface area contributed by atoms with Crippen molar-refractivity contribution in [1.82, 2.24) is 29.3 Å². The van der Waals surface area contributed by atoms with Crippen molar-refractivity contribution in [1.29, 1.82) is 0 Å². The first kappa shape index (κ1) is 20.5. The van der Waals surface area contributed by atoms with Gasteiger partial charge in [-0.05, 0) is 31.4 Å². The van der Waals surface area contributed by atoms with Crippen molar-refractivity contribution in [3.05, 3.63) is 63.8 Å². The number of H-pyrrole nitrogens is 1. The van der Waals surface area contributed by atoms with Crippen molar-refractivity contribution < 1.29 is 9.15 Å². The van der Waals surface area contributed by atoms with Gasteiger partial charge in [0.15, 0.2) is 5.58 Å². The molecule has 0 saturated carbocycles. The molecule has 10 heteroatoms. The molecular formula is C24H22N6O4. The van der Waals surface area contributed by atoms with Gasteiger partial charge in [-0.3, -0.25) is 14.0 Å². The number of hydrogen-bond acceptors (Lipinski definition) is 7. The number of ether oxygens (including phenoxy) is 1. The molecule has 5 aromatic heterocycles. The number of hydrogen-bond donors (Lipinski definition) is 1. The van der Waals surface area contributed by atoms with Crippen LogP contribution >= 0.6 is 0 Å². The summed E-state index contributed by atoms with van der Waals surface area (Å²) >= 11 is 0. The molecule has 34 heavy (non-hydrogen) atoms. The fourth-order valence-electron chi connectivity index (χ4n) is 4.54. The van der Waals surface area contributed by atoms with E-state index in [9.17, 15) is 9.59 Å². The zero-order chi connectivity index (χ0) is 23.2. The van der Waals surface area contributed by atoms with Crippen LogP contribution in [0.5, 0.6) is 0 Å². The zero-order valence-corrected chi connectivity index (χ0v) is 18.5. The second kappa shape index (κ2) is 8.07. The lowest BCUT2D eigenvalue weighted by Gasteiger charge is -2.12. The minimum atomic E-state index is -0.388. The van der Waals surface area contributed by atoms with Gasteiger partial charge < -0.3 is 14.1 Å². The highest BCUT2D eigenvalue weighted by Crippen LogP contribution is 2.34. The smallest absolute Gasteiger partial charge is 0.348 e. The highest BCUT2D eigenvalue weighted by Gasteiger charge is 2.22. The summed E-state index contributed by atoms with van der Waals surface area (Å²) in [6.07, 6.45) is 9.78. The molecule has 0 aliphatic carbocycles. The summed E-state index contributed by atoms with van der Waals surface area (Å²) in [4.78, 5) is 36.3. The standard InChI is InChI=1S/C24H22N6O4/c1-29-13-16(12-27-29)15-9-18-21-22(34-23(18)26-11-15)20(14-4-5-19(31)25-10-14)28-24(32)30(21)7-6-17-3-2-8-33-17/h4-5,9-13,17H,2-3,6-8H2,1H3,(H,25,31). The van der Waals surface area contributed by atoms with Crippen LogP contribution in [0.15, 0.2) is 57.0 Å². The van der Waals surface area contributed by atoms with Gasteiger partial charge >= 0.3 is 5.69 Å². The van der Waals surface area contributed by atoms with E-state index < -0.39 is 0 Å². The lowest BCUT2D eigenvalue weighted by molar-refractivity contribution is 0.100. The van der Waals surface area contributed by atoms with Crippen LogP contribution in [0.4, 0.5) is 0 Å². The van der Waals surface area contributed by atoms with Crippen LogP contribution in [0.3, 0.4) is 0 Å². The van der Waals surface area contributed by atoms with Crippen molar-refractivity contribution >= 4 is 22.2 Å². The number of furan rings is 1. The van der Waals surface area contributed by atoms with Crippen LogP contribution in [-0.2, 0) is 18.3 Å². The lowest BCUT2D eigenvalue weighted by atomic mass is 10.1. The lowest BCUT2D eigenvalue weighted by Crippen LogP contribution is -2.25. The minimum absolute atomic E-state index is 0.128. The second-order valence-corrected chi connectivity index (χ2v) is 8.52. The molecule has 0 radical (unpaired) electrons. The predicted molar refractivity (Wildman–Crippen MR) is 125 cm³/mol. The van der Waals surface area contributed by atoms with Crippen LogP contribution in [0.2, 0.25) is 0 Å². The third-order valence-electron chi connectivity index (χ3n) is 6.24. The van der Waals surface area contributed by atoms with Crippen molar-refractivity contribution in [2.24, 2.45) is 7.05 Å². The highest BCUT2D eigenvalue weighted by atomic mass is 16.5. The summed E-state index contributed by atoms with van der Waals surface area (Å²) in [6.45, 7) is 1.20. The molecule has 0 spiro atoms. The molecule has 172 valence electrons. The molecule has 0 amide bonds. The summed E-state index contributed by atoms with van der Waals surface area (Å²) < 4.78 is 15.3.